The van der Waals surface area contributed by atoms with Crippen molar-refractivity contribution in [3.63, 3.8) is 0 Å². The zero-order valence-corrected chi connectivity index (χ0v) is 12.1. The van der Waals surface area contributed by atoms with Gasteiger partial charge in [0.2, 0.25) is 0 Å². The van der Waals surface area contributed by atoms with Crippen molar-refractivity contribution in [3.8, 4) is 0 Å². The molecule has 2 rings (SSSR count). The van der Waals surface area contributed by atoms with Gasteiger partial charge in [0.25, 0.3) is 0 Å². The van der Waals surface area contributed by atoms with Crippen LogP contribution < -0.4 is 0 Å². The topological polar surface area (TPSA) is 21.7 Å². The molecule has 5 heteroatoms. The molecular weight excluding hydrogens is 301 g/mol. The van der Waals surface area contributed by atoms with Crippen LogP contribution in [0.15, 0.2) is 22.7 Å². The fraction of sp³-hybridized carbons (Fsp3) is 0.538. The van der Waals surface area contributed by atoms with Crippen LogP contribution in [0.25, 0.3) is 0 Å². The molecule has 1 aliphatic heterocycles. The molecule has 1 saturated heterocycles. The third-order valence-corrected chi connectivity index (χ3v) is 4.21. The average Bonchev–Trinajstić information content (AvgIpc) is 2.77. The van der Waals surface area contributed by atoms with E-state index in [2.05, 4.69) is 20.8 Å². The number of nitrogens with zero attached hydrogens (tertiary/aromatic N) is 1. The van der Waals surface area contributed by atoms with Gasteiger partial charge in [-0.3, -0.25) is 4.90 Å². The molecule has 100 valence electrons. The van der Waals surface area contributed by atoms with E-state index >= 15 is 0 Å². The number of methoxy groups -OCH3 is 2. The number of halogens is 2. The van der Waals surface area contributed by atoms with Crippen LogP contribution in [0.2, 0.25) is 0 Å². The van der Waals surface area contributed by atoms with Crippen LogP contribution in [0.3, 0.4) is 0 Å². The molecule has 0 aliphatic carbocycles. The minimum absolute atomic E-state index is 0.0855. The minimum atomic E-state index is -0.224. The molecular formula is C13H17BrFNO2. The Morgan fingerprint density at radius 3 is 2.44 bits per heavy atom. The molecule has 1 aromatic rings. The largest absolute Gasteiger partial charge is 0.377 e. The summed E-state index contributed by atoms with van der Waals surface area (Å²) in [4.78, 5) is 2.21. The van der Waals surface area contributed by atoms with Crippen molar-refractivity contribution in [3.05, 3.63) is 34.1 Å². The maximum Gasteiger partial charge on any atom is 0.137 e. The van der Waals surface area contributed by atoms with Crippen molar-refractivity contribution in [2.75, 3.05) is 27.3 Å². The molecule has 0 spiro atoms. The lowest BCUT2D eigenvalue weighted by atomic mass is 10.2. The highest BCUT2D eigenvalue weighted by atomic mass is 79.9. The predicted molar refractivity (Wildman–Crippen MR) is 71.0 cm³/mol. The highest BCUT2D eigenvalue weighted by Gasteiger charge is 2.32. The quantitative estimate of drug-likeness (QED) is 0.851. The molecule has 2 unspecified atom stereocenters. The minimum Gasteiger partial charge on any atom is -0.377 e. The molecule has 1 aromatic carbocycles. The van der Waals surface area contributed by atoms with Gasteiger partial charge in [-0.2, -0.15) is 0 Å². The van der Waals surface area contributed by atoms with Crippen molar-refractivity contribution in [1.82, 2.24) is 4.90 Å². The van der Waals surface area contributed by atoms with Gasteiger partial charge < -0.3 is 9.47 Å². The molecule has 0 amide bonds. The van der Waals surface area contributed by atoms with E-state index in [-0.39, 0.29) is 18.0 Å². The Labute approximate surface area is 115 Å². The second-order valence-corrected chi connectivity index (χ2v) is 5.25. The molecule has 0 radical (unpaired) electrons. The Morgan fingerprint density at radius 1 is 1.28 bits per heavy atom. The molecule has 0 aromatic heterocycles. The number of rotatable bonds is 4. The lowest BCUT2D eigenvalue weighted by Gasteiger charge is -2.16. The Hall–Kier alpha value is -0.490. The van der Waals surface area contributed by atoms with Crippen molar-refractivity contribution in [1.29, 1.82) is 0 Å². The van der Waals surface area contributed by atoms with Gasteiger partial charge >= 0.3 is 0 Å². The zero-order chi connectivity index (χ0) is 13.1. The monoisotopic (exact) mass is 317 g/mol. The van der Waals surface area contributed by atoms with Crippen molar-refractivity contribution >= 4 is 15.9 Å². The van der Waals surface area contributed by atoms with Crippen LogP contribution in [0, 0.1) is 5.82 Å². The summed E-state index contributed by atoms with van der Waals surface area (Å²) in [5.74, 6) is -0.224. The molecule has 0 N–H and O–H groups in total. The molecule has 1 heterocycles. The summed E-state index contributed by atoms with van der Waals surface area (Å²) < 4.78 is 24.7. The molecule has 0 saturated carbocycles. The van der Waals surface area contributed by atoms with E-state index < -0.39 is 0 Å². The molecule has 1 aliphatic rings. The van der Waals surface area contributed by atoms with E-state index in [1.54, 1.807) is 20.3 Å². The Balaban J connectivity index is 2.05. The molecule has 1 fully saturated rings. The van der Waals surface area contributed by atoms with Gasteiger partial charge in [-0.15, -0.1) is 0 Å². The fourth-order valence-corrected chi connectivity index (χ4v) is 2.70. The normalized spacial score (nSPS) is 24.7. The van der Waals surface area contributed by atoms with Gasteiger partial charge in [-0.05, 0) is 27.6 Å². The number of likely N-dealkylation sites (tertiary alicyclic amines) is 1. The third kappa shape index (κ3) is 2.91. The smallest absolute Gasteiger partial charge is 0.137 e. The lowest BCUT2D eigenvalue weighted by molar-refractivity contribution is -0.00461. The highest BCUT2D eigenvalue weighted by molar-refractivity contribution is 9.10. The highest BCUT2D eigenvalue weighted by Crippen LogP contribution is 2.24. The van der Waals surface area contributed by atoms with Gasteiger partial charge in [0.05, 0.1) is 16.7 Å². The summed E-state index contributed by atoms with van der Waals surface area (Å²) in [6.45, 7) is 2.30. The first-order chi connectivity index (χ1) is 8.65. The lowest BCUT2D eigenvalue weighted by Crippen LogP contribution is -2.27. The van der Waals surface area contributed by atoms with E-state index in [1.165, 1.54) is 6.07 Å². The Bertz CT molecular complexity index is 404. The van der Waals surface area contributed by atoms with Crippen LogP contribution in [0.1, 0.15) is 5.56 Å². The number of hydrogen-bond acceptors (Lipinski definition) is 3. The van der Waals surface area contributed by atoms with Crippen LogP contribution in [-0.2, 0) is 16.0 Å². The van der Waals surface area contributed by atoms with Crippen LogP contribution in [0.5, 0.6) is 0 Å². The predicted octanol–water partition coefficient (Wildman–Crippen LogP) is 2.43. The van der Waals surface area contributed by atoms with Crippen molar-refractivity contribution in [2.24, 2.45) is 0 Å². The SMILES string of the molecule is COC1CN(Cc2cccc(F)c2Br)CC1OC. The molecule has 2 atom stereocenters. The second kappa shape index (κ2) is 6.10. The second-order valence-electron chi connectivity index (χ2n) is 4.46. The summed E-state index contributed by atoms with van der Waals surface area (Å²) >= 11 is 3.29. The van der Waals surface area contributed by atoms with Crippen LogP contribution in [0.4, 0.5) is 4.39 Å². The fourth-order valence-electron chi connectivity index (χ4n) is 2.31. The van der Waals surface area contributed by atoms with E-state index in [0.717, 1.165) is 18.7 Å². The average molecular weight is 318 g/mol. The maximum absolute atomic E-state index is 13.4. The van der Waals surface area contributed by atoms with Gasteiger partial charge in [-0.1, -0.05) is 12.1 Å². The third-order valence-electron chi connectivity index (χ3n) is 3.32. The van der Waals surface area contributed by atoms with Crippen LogP contribution >= 0.6 is 15.9 Å². The number of benzene rings is 1. The first-order valence-electron chi connectivity index (χ1n) is 5.86. The number of hydrogen-bond donors (Lipinski definition) is 0. The summed E-state index contributed by atoms with van der Waals surface area (Å²) in [5, 5.41) is 0. The molecule has 18 heavy (non-hydrogen) atoms. The summed E-state index contributed by atoms with van der Waals surface area (Å²) in [6.07, 6.45) is 0.171. The summed E-state index contributed by atoms with van der Waals surface area (Å²) in [6, 6.07) is 5.11. The first-order valence-corrected chi connectivity index (χ1v) is 6.65. The molecule has 0 bridgehead atoms. The van der Waals surface area contributed by atoms with Gasteiger partial charge in [0.1, 0.15) is 5.82 Å². The van der Waals surface area contributed by atoms with Gasteiger partial charge in [0, 0.05) is 33.9 Å². The Morgan fingerprint density at radius 2 is 1.89 bits per heavy atom. The van der Waals surface area contributed by atoms with E-state index in [9.17, 15) is 4.39 Å². The number of ether oxygens (including phenoxy) is 2. The van der Waals surface area contributed by atoms with E-state index in [1.807, 2.05) is 6.07 Å². The van der Waals surface area contributed by atoms with Gasteiger partial charge in [0.15, 0.2) is 0 Å². The molecule has 3 nitrogen and oxygen atoms in total. The standard InChI is InChI=1S/C13H17BrFNO2/c1-17-11-7-16(8-12(11)18-2)6-9-4-3-5-10(15)13(9)14/h3-5,11-12H,6-8H2,1-2H3. The Kier molecular flexibility index (Phi) is 4.72. The van der Waals surface area contributed by atoms with Crippen LogP contribution in [-0.4, -0.2) is 44.4 Å². The maximum atomic E-state index is 13.4. The first kappa shape index (κ1) is 13.9. The zero-order valence-electron chi connectivity index (χ0n) is 10.5. The van der Waals surface area contributed by atoms with Gasteiger partial charge in [-0.25, -0.2) is 4.39 Å². The van der Waals surface area contributed by atoms with Crippen molar-refractivity contribution in [2.45, 2.75) is 18.8 Å². The van der Waals surface area contributed by atoms with E-state index in [4.69, 9.17) is 9.47 Å². The summed E-state index contributed by atoms with van der Waals surface area (Å²) in [5.41, 5.74) is 0.946. The van der Waals surface area contributed by atoms with E-state index in [0.29, 0.717) is 11.0 Å². The summed E-state index contributed by atoms with van der Waals surface area (Å²) in [7, 11) is 3.39. The van der Waals surface area contributed by atoms with Crippen molar-refractivity contribution < 1.29 is 13.9 Å².